The molecule has 1 unspecified atom stereocenters. The fourth-order valence-corrected chi connectivity index (χ4v) is 5.38. The molecule has 0 aliphatic carbocycles. The van der Waals surface area contributed by atoms with Gasteiger partial charge < -0.3 is 15.5 Å². The molecule has 0 spiro atoms. The Balaban J connectivity index is 1.85. The first-order valence-corrected chi connectivity index (χ1v) is 11.8. The highest BCUT2D eigenvalue weighted by atomic mass is 32.1. The van der Waals surface area contributed by atoms with Crippen LogP contribution in [0.1, 0.15) is 68.6 Å². The fraction of sp³-hybridized carbons (Fsp3) is 0.542. The van der Waals surface area contributed by atoms with Gasteiger partial charge in [0.15, 0.2) is 0 Å². The molecule has 1 saturated heterocycles. The Morgan fingerprint density at radius 1 is 1.13 bits per heavy atom. The first-order valence-electron chi connectivity index (χ1n) is 11.0. The Morgan fingerprint density at radius 2 is 1.87 bits per heavy atom. The van der Waals surface area contributed by atoms with E-state index in [4.69, 9.17) is 0 Å². The van der Waals surface area contributed by atoms with Gasteiger partial charge in [-0.15, -0.1) is 11.3 Å². The molecule has 2 N–H and O–H groups in total. The lowest BCUT2D eigenvalue weighted by Crippen LogP contribution is -2.45. The topological polar surface area (TPSA) is 78.5 Å². The van der Waals surface area contributed by atoms with E-state index in [9.17, 15) is 14.4 Å². The van der Waals surface area contributed by atoms with Crippen molar-refractivity contribution in [3.05, 3.63) is 34.7 Å². The standard InChI is InChI=1S/C24H33N3O3S/c1-16(28)27-13-9-5-6-10-17(27)14-19-18-11-7-8-12-20(18)31-22(19)23(30)25-15-21(29)26-24(2,3)4/h7-8,11-12,17H,5-6,9-10,13-15H2,1-4H3,(H,25,30)(H,26,29). The minimum absolute atomic E-state index is 0.0627. The normalized spacial score (nSPS) is 17.3. The van der Waals surface area contributed by atoms with Crippen molar-refractivity contribution in [2.45, 2.75) is 71.4 Å². The van der Waals surface area contributed by atoms with E-state index >= 15 is 0 Å². The van der Waals surface area contributed by atoms with Gasteiger partial charge >= 0.3 is 0 Å². The molecule has 0 radical (unpaired) electrons. The van der Waals surface area contributed by atoms with Crippen LogP contribution >= 0.6 is 11.3 Å². The van der Waals surface area contributed by atoms with E-state index < -0.39 is 0 Å². The summed E-state index contributed by atoms with van der Waals surface area (Å²) in [6.07, 6.45) is 4.84. The van der Waals surface area contributed by atoms with Gasteiger partial charge in [0.25, 0.3) is 5.91 Å². The summed E-state index contributed by atoms with van der Waals surface area (Å²) in [5.41, 5.74) is 0.632. The number of benzene rings is 1. The number of nitrogens with zero attached hydrogens (tertiary/aromatic N) is 1. The molecule has 7 heteroatoms. The highest BCUT2D eigenvalue weighted by Gasteiger charge is 2.27. The van der Waals surface area contributed by atoms with Gasteiger partial charge in [-0.25, -0.2) is 0 Å². The highest BCUT2D eigenvalue weighted by Crippen LogP contribution is 2.34. The Hall–Kier alpha value is -2.41. The van der Waals surface area contributed by atoms with Crippen LogP contribution in [0.3, 0.4) is 0 Å². The van der Waals surface area contributed by atoms with Crippen molar-refractivity contribution in [1.82, 2.24) is 15.5 Å². The third-order valence-corrected chi connectivity index (χ3v) is 6.76. The summed E-state index contributed by atoms with van der Waals surface area (Å²) < 4.78 is 1.05. The lowest BCUT2D eigenvalue weighted by molar-refractivity contribution is -0.131. The number of carbonyl (C=O) groups excluding carboxylic acids is 3. The summed E-state index contributed by atoms with van der Waals surface area (Å²) in [6, 6.07) is 8.09. The predicted molar refractivity (Wildman–Crippen MR) is 125 cm³/mol. The number of nitrogens with one attached hydrogen (secondary N) is 2. The van der Waals surface area contributed by atoms with Crippen LogP contribution < -0.4 is 10.6 Å². The van der Waals surface area contributed by atoms with Crippen LogP contribution in [0.5, 0.6) is 0 Å². The molecule has 0 bridgehead atoms. The summed E-state index contributed by atoms with van der Waals surface area (Å²) >= 11 is 1.45. The van der Waals surface area contributed by atoms with Crippen LogP contribution in [-0.4, -0.2) is 47.3 Å². The summed E-state index contributed by atoms with van der Waals surface area (Å²) in [4.78, 5) is 40.1. The van der Waals surface area contributed by atoms with Gasteiger partial charge in [-0.1, -0.05) is 31.0 Å². The van der Waals surface area contributed by atoms with Crippen molar-refractivity contribution >= 4 is 39.1 Å². The smallest absolute Gasteiger partial charge is 0.262 e. The van der Waals surface area contributed by atoms with Gasteiger partial charge in [0, 0.05) is 29.7 Å². The molecule has 2 aromatic rings. The third kappa shape index (κ3) is 6.06. The van der Waals surface area contributed by atoms with Crippen molar-refractivity contribution in [1.29, 1.82) is 0 Å². The molecule has 1 aromatic heterocycles. The molecule has 1 aliphatic rings. The van der Waals surface area contributed by atoms with Crippen LogP contribution in [-0.2, 0) is 16.0 Å². The molecule has 6 nitrogen and oxygen atoms in total. The van der Waals surface area contributed by atoms with Crippen LogP contribution in [0, 0.1) is 0 Å². The molecule has 0 saturated carbocycles. The highest BCUT2D eigenvalue weighted by molar-refractivity contribution is 7.21. The van der Waals surface area contributed by atoms with E-state index in [1.54, 1.807) is 6.92 Å². The number of rotatable bonds is 5. The molecule has 168 valence electrons. The Morgan fingerprint density at radius 3 is 2.58 bits per heavy atom. The maximum absolute atomic E-state index is 13.1. The van der Waals surface area contributed by atoms with Crippen LogP contribution in [0.25, 0.3) is 10.1 Å². The quantitative estimate of drug-likeness (QED) is 0.736. The second-order valence-electron chi connectivity index (χ2n) is 9.31. The lowest BCUT2D eigenvalue weighted by Gasteiger charge is -2.29. The monoisotopic (exact) mass is 443 g/mol. The maximum atomic E-state index is 13.1. The molecule has 3 rings (SSSR count). The molecule has 2 heterocycles. The minimum atomic E-state index is -0.347. The van der Waals surface area contributed by atoms with Crippen molar-refractivity contribution in [3.8, 4) is 0 Å². The summed E-state index contributed by atoms with van der Waals surface area (Å²) in [6.45, 7) is 8.06. The first kappa shape index (κ1) is 23.3. The van der Waals surface area contributed by atoms with E-state index in [0.717, 1.165) is 47.9 Å². The number of hydrogen-bond donors (Lipinski definition) is 2. The molecular weight excluding hydrogens is 410 g/mol. The molecule has 1 aliphatic heterocycles. The van der Waals surface area contributed by atoms with Crippen molar-refractivity contribution < 1.29 is 14.4 Å². The average Bonchev–Trinajstić information content (AvgIpc) is 2.88. The number of hydrogen-bond acceptors (Lipinski definition) is 4. The zero-order chi connectivity index (χ0) is 22.6. The van der Waals surface area contributed by atoms with Gasteiger partial charge in [-0.3, -0.25) is 14.4 Å². The third-order valence-electron chi connectivity index (χ3n) is 5.55. The average molecular weight is 444 g/mol. The van der Waals surface area contributed by atoms with Crippen LogP contribution in [0.15, 0.2) is 24.3 Å². The predicted octanol–water partition coefficient (Wildman–Crippen LogP) is 3.88. The van der Waals surface area contributed by atoms with E-state index in [2.05, 4.69) is 10.6 Å². The Bertz CT molecular complexity index is 961. The van der Waals surface area contributed by atoms with E-state index in [-0.39, 0.29) is 35.8 Å². The SMILES string of the molecule is CC(=O)N1CCCCCC1Cc1c(C(=O)NCC(=O)NC(C)(C)C)sc2ccccc12. The molecule has 1 atom stereocenters. The molecule has 31 heavy (non-hydrogen) atoms. The van der Waals surface area contributed by atoms with E-state index in [0.29, 0.717) is 11.3 Å². The Kier molecular flexibility index (Phi) is 7.36. The molecule has 1 fully saturated rings. The second-order valence-corrected chi connectivity index (χ2v) is 10.4. The van der Waals surface area contributed by atoms with Gasteiger partial charge in [0.2, 0.25) is 11.8 Å². The first-order chi connectivity index (χ1) is 14.7. The summed E-state index contributed by atoms with van der Waals surface area (Å²) in [7, 11) is 0. The summed E-state index contributed by atoms with van der Waals surface area (Å²) in [5, 5.41) is 6.71. The van der Waals surface area contributed by atoms with E-state index in [1.807, 2.05) is 49.9 Å². The number of fused-ring (bicyclic) bond motifs is 1. The number of thiophene rings is 1. The molecule has 1 aromatic carbocycles. The second kappa shape index (κ2) is 9.81. The summed E-state index contributed by atoms with van der Waals surface area (Å²) in [5.74, 6) is -0.352. The Labute approximate surface area is 188 Å². The van der Waals surface area contributed by atoms with Gasteiger partial charge in [-0.2, -0.15) is 0 Å². The maximum Gasteiger partial charge on any atom is 0.262 e. The number of carbonyl (C=O) groups is 3. The molecular formula is C24H33N3O3S. The largest absolute Gasteiger partial charge is 0.350 e. The number of likely N-dealkylation sites (tertiary alicyclic amines) is 1. The fourth-order valence-electron chi connectivity index (χ4n) is 4.23. The van der Waals surface area contributed by atoms with Crippen LogP contribution in [0.2, 0.25) is 0 Å². The van der Waals surface area contributed by atoms with Crippen LogP contribution in [0.4, 0.5) is 0 Å². The zero-order valence-corrected chi connectivity index (χ0v) is 19.7. The zero-order valence-electron chi connectivity index (χ0n) is 18.9. The van der Waals surface area contributed by atoms with Gasteiger partial charge in [-0.05, 0) is 57.0 Å². The number of amides is 3. The van der Waals surface area contributed by atoms with Gasteiger partial charge in [0.05, 0.1) is 11.4 Å². The van der Waals surface area contributed by atoms with Crippen molar-refractivity contribution in [2.75, 3.05) is 13.1 Å². The molecule has 3 amide bonds. The van der Waals surface area contributed by atoms with Crippen molar-refractivity contribution in [2.24, 2.45) is 0 Å². The minimum Gasteiger partial charge on any atom is -0.350 e. The van der Waals surface area contributed by atoms with Gasteiger partial charge in [0.1, 0.15) is 0 Å². The lowest BCUT2D eigenvalue weighted by atomic mass is 9.98. The van der Waals surface area contributed by atoms with E-state index in [1.165, 1.54) is 11.3 Å². The van der Waals surface area contributed by atoms with Crippen molar-refractivity contribution in [3.63, 3.8) is 0 Å².